The van der Waals surface area contributed by atoms with Gasteiger partial charge in [-0.2, -0.15) is 0 Å². The number of carbonyl (C=O) groups is 1. The van der Waals surface area contributed by atoms with Crippen molar-refractivity contribution in [1.82, 2.24) is 9.88 Å². The zero-order valence-electron chi connectivity index (χ0n) is 10.4. The molecule has 18 heavy (non-hydrogen) atoms. The molecule has 0 spiro atoms. The highest BCUT2D eigenvalue weighted by Crippen LogP contribution is 2.19. The summed E-state index contributed by atoms with van der Waals surface area (Å²) in [6.45, 7) is 0.368. The van der Waals surface area contributed by atoms with Gasteiger partial charge in [0.15, 0.2) is 0 Å². The van der Waals surface area contributed by atoms with Crippen LogP contribution in [0, 0.1) is 12.3 Å². The number of aryl methyl sites for hydroxylation is 1. The number of nitrogens with zero attached hydrogens (tertiary/aromatic N) is 1. The molecule has 0 saturated heterocycles. The number of fused-ring (bicyclic) bond motifs is 1. The second kappa shape index (κ2) is 5.42. The van der Waals surface area contributed by atoms with Crippen molar-refractivity contribution in [1.29, 1.82) is 0 Å². The van der Waals surface area contributed by atoms with E-state index in [0.717, 1.165) is 11.9 Å². The lowest BCUT2D eigenvalue weighted by Gasteiger charge is -2.13. The molecule has 2 rings (SSSR count). The molecule has 0 fully saturated rings. The topological polar surface area (TPSA) is 36.1 Å². The molecular formula is C15H16N2O. The predicted octanol–water partition coefficient (Wildman–Crippen LogP) is 2.19. The Labute approximate surface area is 107 Å². The molecule has 1 amide bonds. The molecule has 1 aromatic heterocycles. The highest BCUT2D eigenvalue weighted by atomic mass is 16.2. The predicted molar refractivity (Wildman–Crippen MR) is 73.1 cm³/mol. The van der Waals surface area contributed by atoms with E-state index in [4.69, 9.17) is 6.42 Å². The Kier molecular flexibility index (Phi) is 3.69. The molecule has 1 heterocycles. The van der Waals surface area contributed by atoms with Gasteiger partial charge in [0.2, 0.25) is 5.91 Å². The number of hydrogen-bond donors (Lipinski definition) is 1. The summed E-state index contributed by atoms with van der Waals surface area (Å²) in [7, 11) is 1.73. The second-order valence-electron chi connectivity index (χ2n) is 4.31. The average molecular weight is 240 g/mol. The smallest absolute Gasteiger partial charge is 0.223 e. The van der Waals surface area contributed by atoms with Crippen LogP contribution >= 0.6 is 0 Å². The van der Waals surface area contributed by atoms with Crippen LogP contribution < -0.4 is 0 Å². The van der Waals surface area contributed by atoms with Crippen molar-refractivity contribution in [2.45, 2.75) is 12.8 Å². The summed E-state index contributed by atoms with van der Waals surface area (Å²) in [4.78, 5) is 16.6. The molecule has 0 unspecified atom stereocenters. The molecule has 0 atom stereocenters. The van der Waals surface area contributed by atoms with Gasteiger partial charge in [-0.15, -0.1) is 6.42 Å². The number of rotatable bonds is 4. The van der Waals surface area contributed by atoms with Crippen molar-refractivity contribution in [2.24, 2.45) is 0 Å². The minimum Gasteiger partial charge on any atom is -0.361 e. The number of para-hydroxylation sites is 1. The normalized spacial score (nSPS) is 10.2. The van der Waals surface area contributed by atoms with E-state index in [0.29, 0.717) is 13.0 Å². The Bertz CT molecular complexity index is 592. The quantitative estimate of drug-likeness (QED) is 0.817. The Morgan fingerprint density at radius 3 is 3.00 bits per heavy atom. The van der Waals surface area contributed by atoms with Crippen LogP contribution in [0.4, 0.5) is 0 Å². The number of amides is 1. The SMILES string of the molecule is C#CCN(C)C(=O)CCc1c[nH]c2ccccc12. The summed E-state index contributed by atoms with van der Waals surface area (Å²) in [5, 5.41) is 1.19. The summed E-state index contributed by atoms with van der Waals surface area (Å²) in [5.41, 5.74) is 2.28. The van der Waals surface area contributed by atoms with Crippen molar-refractivity contribution < 1.29 is 4.79 Å². The number of hydrogen-bond acceptors (Lipinski definition) is 1. The van der Waals surface area contributed by atoms with Gasteiger partial charge in [0, 0.05) is 30.6 Å². The van der Waals surface area contributed by atoms with E-state index < -0.39 is 0 Å². The maximum Gasteiger partial charge on any atom is 0.223 e. The van der Waals surface area contributed by atoms with E-state index in [-0.39, 0.29) is 5.91 Å². The largest absolute Gasteiger partial charge is 0.361 e. The molecule has 92 valence electrons. The second-order valence-corrected chi connectivity index (χ2v) is 4.31. The standard InChI is InChI=1S/C15H16N2O/c1-3-10-17(2)15(18)9-8-12-11-16-14-7-5-4-6-13(12)14/h1,4-7,11,16H,8-10H2,2H3. The Morgan fingerprint density at radius 2 is 2.22 bits per heavy atom. The van der Waals surface area contributed by atoms with Gasteiger partial charge in [0.25, 0.3) is 0 Å². The number of aromatic amines is 1. The molecule has 0 aliphatic heterocycles. The molecular weight excluding hydrogens is 224 g/mol. The van der Waals surface area contributed by atoms with Crippen molar-refractivity contribution in [2.75, 3.05) is 13.6 Å². The number of aromatic nitrogens is 1. The van der Waals surface area contributed by atoms with Crippen molar-refractivity contribution in [3.63, 3.8) is 0 Å². The summed E-state index contributed by atoms with van der Waals surface area (Å²) < 4.78 is 0. The van der Waals surface area contributed by atoms with Crippen molar-refractivity contribution >= 4 is 16.8 Å². The van der Waals surface area contributed by atoms with Crippen LogP contribution in [0.5, 0.6) is 0 Å². The lowest BCUT2D eigenvalue weighted by molar-refractivity contribution is -0.129. The van der Waals surface area contributed by atoms with Gasteiger partial charge in [0.05, 0.1) is 6.54 Å². The number of nitrogens with one attached hydrogen (secondary N) is 1. The monoisotopic (exact) mass is 240 g/mol. The molecule has 1 N–H and O–H groups in total. The van der Waals surface area contributed by atoms with Gasteiger partial charge in [0.1, 0.15) is 0 Å². The first-order valence-corrected chi connectivity index (χ1v) is 5.95. The summed E-state index contributed by atoms with van der Waals surface area (Å²) in [5.74, 6) is 2.55. The number of carbonyl (C=O) groups excluding carboxylic acids is 1. The summed E-state index contributed by atoms with van der Waals surface area (Å²) in [6.07, 6.45) is 8.37. The third-order valence-electron chi connectivity index (χ3n) is 3.04. The van der Waals surface area contributed by atoms with Gasteiger partial charge < -0.3 is 9.88 Å². The Morgan fingerprint density at radius 1 is 1.44 bits per heavy atom. The number of H-pyrrole nitrogens is 1. The fourth-order valence-corrected chi connectivity index (χ4v) is 2.00. The van der Waals surface area contributed by atoms with Gasteiger partial charge in [-0.1, -0.05) is 24.1 Å². The molecule has 0 aliphatic rings. The van der Waals surface area contributed by atoms with Crippen LogP contribution in [0.3, 0.4) is 0 Å². The molecule has 0 aliphatic carbocycles. The highest BCUT2D eigenvalue weighted by molar-refractivity contribution is 5.84. The number of terminal acetylenes is 1. The molecule has 1 aromatic carbocycles. The molecule has 0 bridgehead atoms. The fraction of sp³-hybridized carbons (Fsp3) is 0.267. The van der Waals surface area contributed by atoms with Crippen LogP contribution in [0.15, 0.2) is 30.5 Å². The van der Waals surface area contributed by atoms with Gasteiger partial charge in [-0.3, -0.25) is 4.79 Å². The van der Waals surface area contributed by atoms with Crippen molar-refractivity contribution in [3.05, 3.63) is 36.0 Å². The molecule has 2 aromatic rings. The van der Waals surface area contributed by atoms with Crippen LogP contribution in [-0.4, -0.2) is 29.4 Å². The zero-order chi connectivity index (χ0) is 13.0. The van der Waals surface area contributed by atoms with E-state index in [1.54, 1.807) is 11.9 Å². The fourth-order valence-electron chi connectivity index (χ4n) is 2.00. The summed E-state index contributed by atoms with van der Waals surface area (Å²) >= 11 is 0. The minimum absolute atomic E-state index is 0.0817. The van der Waals surface area contributed by atoms with E-state index in [2.05, 4.69) is 17.0 Å². The zero-order valence-corrected chi connectivity index (χ0v) is 10.4. The van der Waals surface area contributed by atoms with E-state index >= 15 is 0 Å². The minimum atomic E-state index is 0.0817. The molecule has 3 nitrogen and oxygen atoms in total. The average Bonchev–Trinajstić information content (AvgIpc) is 2.79. The summed E-state index contributed by atoms with van der Waals surface area (Å²) in [6, 6.07) is 8.10. The van der Waals surface area contributed by atoms with Crippen molar-refractivity contribution in [3.8, 4) is 12.3 Å². The first-order chi connectivity index (χ1) is 8.72. The van der Waals surface area contributed by atoms with Crippen LogP contribution in [0.2, 0.25) is 0 Å². The molecule has 0 saturated carbocycles. The van der Waals surface area contributed by atoms with Gasteiger partial charge in [-0.05, 0) is 18.1 Å². The van der Waals surface area contributed by atoms with Gasteiger partial charge >= 0.3 is 0 Å². The first kappa shape index (κ1) is 12.3. The van der Waals surface area contributed by atoms with E-state index in [1.165, 1.54) is 10.9 Å². The lowest BCUT2D eigenvalue weighted by Crippen LogP contribution is -2.27. The van der Waals surface area contributed by atoms with Crippen LogP contribution in [0.25, 0.3) is 10.9 Å². The Balaban J connectivity index is 2.03. The third kappa shape index (κ3) is 2.54. The first-order valence-electron chi connectivity index (χ1n) is 5.95. The van der Waals surface area contributed by atoms with Crippen LogP contribution in [-0.2, 0) is 11.2 Å². The molecule has 3 heteroatoms. The highest BCUT2D eigenvalue weighted by Gasteiger charge is 2.09. The van der Waals surface area contributed by atoms with Crippen LogP contribution in [0.1, 0.15) is 12.0 Å². The van der Waals surface area contributed by atoms with Gasteiger partial charge in [-0.25, -0.2) is 0 Å². The maximum atomic E-state index is 11.8. The lowest BCUT2D eigenvalue weighted by atomic mass is 10.1. The van der Waals surface area contributed by atoms with E-state index in [9.17, 15) is 4.79 Å². The van der Waals surface area contributed by atoms with E-state index in [1.807, 2.05) is 24.4 Å². The molecule has 0 radical (unpaired) electrons. The maximum absolute atomic E-state index is 11.8. The third-order valence-corrected chi connectivity index (χ3v) is 3.04. The Hall–Kier alpha value is -2.21. The number of benzene rings is 1.